The van der Waals surface area contributed by atoms with Gasteiger partial charge in [-0.1, -0.05) is 23.2 Å². The highest BCUT2D eigenvalue weighted by Gasteiger charge is 2.15. The first-order valence-corrected chi connectivity index (χ1v) is 8.70. The molecule has 4 nitrogen and oxygen atoms in total. The number of benzene rings is 1. The molecule has 0 bridgehead atoms. The molecule has 2 heterocycles. The molecule has 128 valence electrons. The Kier molecular flexibility index (Phi) is 5.53. The number of pyridine rings is 1. The zero-order chi connectivity index (χ0) is 17.8. The summed E-state index contributed by atoms with van der Waals surface area (Å²) in [5.41, 5.74) is 0.255. The van der Waals surface area contributed by atoms with E-state index in [-0.39, 0.29) is 29.7 Å². The Morgan fingerprint density at radius 3 is 2.68 bits per heavy atom. The zero-order valence-electron chi connectivity index (χ0n) is 12.6. The normalized spacial score (nSPS) is 10.5. The van der Waals surface area contributed by atoms with Crippen molar-refractivity contribution in [2.75, 3.05) is 0 Å². The molecule has 0 spiro atoms. The maximum Gasteiger partial charge on any atom is 0.257 e. The van der Waals surface area contributed by atoms with Crippen molar-refractivity contribution in [1.82, 2.24) is 10.3 Å². The Hall–Kier alpha value is -2.15. The molecule has 3 rings (SSSR count). The van der Waals surface area contributed by atoms with Crippen molar-refractivity contribution >= 4 is 40.4 Å². The molecule has 0 saturated heterocycles. The third-order valence-corrected chi connectivity index (χ3v) is 4.89. The molecular weight excluding hydrogens is 386 g/mol. The number of rotatable bonds is 5. The molecule has 1 aromatic carbocycles. The van der Waals surface area contributed by atoms with Gasteiger partial charge in [0.25, 0.3) is 5.91 Å². The van der Waals surface area contributed by atoms with Crippen LogP contribution in [0.4, 0.5) is 4.39 Å². The fourth-order valence-corrected chi connectivity index (χ4v) is 3.53. The molecule has 0 aliphatic heterocycles. The van der Waals surface area contributed by atoms with E-state index < -0.39 is 0 Å². The second-order valence-electron chi connectivity index (χ2n) is 4.92. The first-order chi connectivity index (χ1) is 12.0. The highest BCUT2D eigenvalue weighted by atomic mass is 35.5. The first kappa shape index (κ1) is 17.7. The summed E-state index contributed by atoms with van der Waals surface area (Å²) in [7, 11) is 0. The van der Waals surface area contributed by atoms with Gasteiger partial charge in [-0.05, 0) is 42.5 Å². The second-order valence-corrected chi connectivity index (χ2v) is 7.09. The molecule has 2 aromatic heterocycles. The van der Waals surface area contributed by atoms with E-state index in [1.807, 2.05) is 0 Å². The average molecular weight is 397 g/mol. The van der Waals surface area contributed by atoms with Crippen LogP contribution in [0.2, 0.25) is 9.36 Å². The van der Waals surface area contributed by atoms with E-state index in [2.05, 4.69) is 10.3 Å². The van der Waals surface area contributed by atoms with Crippen molar-refractivity contribution in [1.29, 1.82) is 0 Å². The SMILES string of the molecule is O=C(NCc1sc(Cl)cc1Cl)c1cccnc1Oc1ccc(F)cc1. The number of ether oxygens (including phenoxy) is 1. The molecule has 0 fully saturated rings. The maximum absolute atomic E-state index is 13.0. The highest BCUT2D eigenvalue weighted by molar-refractivity contribution is 7.16. The average Bonchev–Trinajstić information content (AvgIpc) is 2.93. The molecule has 3 aromatic rings. The van der Waals surface area contributed by atoms with Crippen molar-refractivity contribution in [2.24, 2.45) is 0 Å². The fraction of sp³-hybridized carbons (Fsp3) is 0.0588. The van der Waals surface area contributed by atoms with Gasteiger partial charge >= 0.3 is 0 Å². The lowest BCUT2D eigenvalue weighted by molar-refractivity contribution is 0.0948. The van der Waals surface area contributed by atoms with Crippen LogP contribution >= 0.6 is 34.5 Å². The number of carbonyl (C=O) groups is 1. The molecule has 0 aliphatic rings. The predicted molar refractivity (Wildman–Crippen MR) is 96.2 cm³/mol. The molecular formula is C17H11Cl2FN2O2S. The van der Waals surface area contributed by atoms with E-state index in [1.165, 1.54) is 41.8 Å². The lowest BCUT2D eigenvalue weighted by atomic mass is 10.2. The molecule has 0 aliphatic carbocycles. The summed E-state index contributed by atoms with van der Waals surface area (Å²) in [5.74, 6) is -0.243. The van der Waals surface area contributed by atoms with Gasteiger partial charge in [0.1, 0.15) is 17.1 Å². The molecule has 1 amide bonds. The van der Waals surface area contributed by atoms with Gasteiger partial charge in [0.05, 0.1) is 15.9 Å². The minimum Gasteiger partial charge on any atom is -0.438 e. The van der Waals surface area contributed by atoms with Crippen molar-refractivity contribution in [3.8, 4) is 11.6 Å². The number of amides is 1. The number of hydrogen-bond acceptors (Lipinski definition) is 4. The van der Waals surface area contributed by atoms with Crippen LogP contribution in [0, 0.1) is 5.82 Å². The monoisotopic (exact) mass is 396 g/mol. The van der Waals surface area contributed by atoms with Crippen molar-refractivity contribution in [2.45, 2.75) is 6.54 Å². The Morgan fingerprint density at radius 2 is 2.00 bits per heavy atom. The zero-order valence-corrected chi connectivity index (χ0v) is 15.0. The number of aromatic nitrogens is 1. The maximum atomic E-state index is 13.0. The summed E-state index contributed by atoms with van der Waals surface area (Å²) in [6.07, 6.45) is 1.51. The fourth-order valence-electron chi connectivity index (χ4n) is 2.01. The molecule has 0 saturated carbocycles. The number of thiophene rings is 1. The van der Waals surface area contributed by atoms with Crippen molar-refractivity contribution < 1.29 is 13.9 Å². The minimum atomic E-state index is -0.377. The molecule has 0 unspecified atom stereocenters. The third-order valence-electron chi connectivity index (χ3n) is 3.18. The number of carbonyl (C=O) groups excluding carboxylic acids is 1. The summed E-state index contributed by atoms with van der Waals surface area (Å²) >= 11 is 13.2. The van der Waals surface area contributed by atoms with Gasteiger partial charge in [-0.3, -0.25) is 4.79 Å². The lowest BCUT2D eigenvalue weighted by Crippen LogP contribution is -2.23. The number of nitrogens with zero attached hydrogens (tertiary/aromatic N) is 1. The molecule has 8 heteroatoms. The Morgan fingerprint density at radius 1 is 1.24 bits per heavy atom. The first-order valence-electron chi connectivity index (χ1n) is 7.13. The molecule has 1 N–H and O–H groups in total. The van der Waals surface area contributed by atoms with E-state index >= 15 is 0 Å². The van der Waals surface area contributed by atoms with Gasteiger partial charge in [0.15, 0.2) is 0 Å². The smallest absolute Gasteiger partial charge is 0.257 e. The van der Waals surface area contributed by atoms with Crippen LogP contribution in [0.15, 0.2) is 48.7 Å². The third kappa shape index (κ3) is 4.48. The summed E-state index contributed by atoms with van der Waals surface area (Å²) < 4.78 is 19.1. The van der Waals surface area contributed by atoms with Gasteiger partial charge in [-0.25, -0.2) is 9.37 Å². The molecule has 0 atom stereocenters. The Labute approximate surface area is 157 Å². The summed E-state index contributed by atoms with van der Waals surface area (Å²) in [6, 6.07) is 10.3. The van der Waals surface area contributed by atoms with Crippen LogP contribution in [-0.4, -0.2) is 10.9 Å². The summed E-state index contributed by atoms with van der Waals surface area (Å²) in [4.78, 5) is 17.3. The summed E-state index contributed by atoms with van der Waals surface area (Å²) in [6.45, 7) is 0.236. The van der Waals surface area contributed by atoms with E-state index in [0.29, 0.717) is 15.1 Å². The molecule has 25 heavy (non-hydrogen) atoms. The van der Waals surface area contributed by atoms with E-state index in [4.69, 9.17) is 27.9 Å². The molecule has 0 radical (unpaired) electrons. The van der Waals surface area contributed by atoms with E-state index in [9.17, 15) is 9.18 Å². The number of halogens is 3. The summed E-state index contributed by atoms with van der Waals surface area (Å²) in [5, 5.41) is 3.26. The topological polar surface area (TPSA) is 51.2 Å². The van der Waals surface area contributed by atoms with Gasteiger partial charge in [0.2, 0.25) is 5.88 Å². The van der Waals surface area contributed by atoms with Crippen LogP contribution in [0.3, 0.4) is 0 Å². The van der Waals surface area contributed by atoms with Crippen LogP contribution < -0.4 is 10.1 Å². The number of hydrogen-bond donors (Lipinski definition) is 1. The largest absolute Gasteiger partial charge is 0.438 e. The minimum absolute atomic E-state index is 0.127. The van der Waals surface area contributed by atoms with Crippen LogP contribution in [0.1, 0.15) is 15.2 Å². The van der Waals surface area contributed by atoms with Gasteiger partial charge in [0, 0.05) is 11.1 Å². The lowest BCUT2D eigenvalue weighted by Gasteiger charge is -2.10. The van der Waals surface area contributed by atoms with Crippen LogP contribution in [0.25, 0.3) is 0 Å². The van der Waals surface area contributed by atoms with Crippen molar-refractivity contribution in [3.05, 3.63) is 74.3 Å². The Bertz CT molecular complexity index is 900. The van der Waals surface area contributed by atoms with E-state index in [1.54, 1.807) is 18.2 Å². The quantitative estimate of drug-likeness (QED) is 0.635. The predicted octanol–water partition coefficient (Wildman–Crippen LogP) is 5.31. The van der Waals surface area contributed by atoms with Crippen LogP contribution in [0.5, 0.6) is 11.6 Å². The van der Waals surface area contributed by atoms with Gasteiger partial charge in [-0.2, -0.15) is 0 Å². The second kappa shape index (κ2) is 7.82. The Balaban J connectivity index is 1.74. The van der Waals surface area contributed by atoms with Crippen LogP contribution in [-0.2, 0) is 6.54 Å². The highest BCUT2D eigenvalue weighted by Crippen LogP contribution is 2.30. The van der Waals surface area contributed by atoms with Crippen molar-refractivity contribution in [3.63, 3.8) is 0 Å². The van der Waals surface area contributed by atoms with Gasteiger partial charge in [-0.15, -0.1) is 11.3 Å². The van der Waals surface area contributed by atoms with E-state index in [0.717, 1.165) is 4.88 Å². The van der Waals surface area contributed by atoms with Gasteiger partial charge < -0.3 is 10.1 Å². The number of nitrogens with one attached hydrogen (secondary N) is 1. The standard InChI is InChI=1S/C17H11Cl2FN2O2S/c18-13-8-15(19)25-14(13)9-22-16(23)12-2-1-7-21-17(12)24-11-5-3-10(20)4-6-11/h1-8H,9H2,(H,22,23).